The summed E-state index contributed by atoms with van der Waals surface area (Å²) in [5.74, 6) is -0.820. The Morgan fingerprint density at radius 2 is 2.25 bits per heavy atom. The highest BCUT2D eigenvalue weighted by molar-refractivity contribution is 5.91. The molecule has 8 heteroatoms. The van der Waals surface area contributed by atoms with E-state index in [1.54, 1.807) is 6.92 Å². The van der Waals surface area contributed by atoms with E-state index in [2.05, 4.69) is 10.3 Å². The van der Waals surface area contributed by atoms with E-state index in [4.69, 9.17) is 10.5 Å². The second kappa shape index (κ2) is 4.97. The van der Waals surface area contributed by atoms with Crippen LogP contribution in [-0.4, -0.2) is 34.4 Å². The van der Waals surface area contributed by atoms with Crippen LogP contribution in [0.25, 0.3) is 0 Å². The number of methoxy groups -OCH3 is 1. The summed E-state index contributed by atoms with van der Waals surface area (Å²) in [4.78, 5) is 11.0. The first-order chi connectivity index (χ1) is 7.47. The lowest BCUT2D eigenvalue weighted by Gasteiger charge is -2.12. The van der Waals surface area contributed by atoms with Gasteiger partial charge in [0.05, 0.1) is 6.10 Å². The molecule has 1 amide bonds. The average molecular weight is 234 g/mol. The van der Waals surface area contributed by atoms with Gasteiger partial charge >= 0.3 is 0 Å². The van der Waals surface area contributed by atoms with Gasteiger partial charge in [-0.25, -0.2) is 13.5 Å². The lowest BCUT2D eigenvalue weighted by molar-refractivity contribution is 0.0896. The Balaban J connectivity index is 3.14. The molecule has 1 heterocycles. The summed E-state index contributed by atoms with van der Waals surface area (Å²) in [7, 11) is 1.38. The number of carbonyl (C=O) groups is 1. The van der Waals surface area contributed by atoms with Crippen LogP contribution in [0.1, 0.15) is 29.2 Å². The molecule has 6 nitrogen and oxygen atoms in total. The molecule has 0 aromatic carbocycles. The second-order valence-corrected chi connectivity index (χ2v) is 3.14. The van der Waals surface area contributed by atoms with Crippen molar-refractivity contribution in [2.75, 3.05) is 7.11 Å². The van der Waals surface area contributed by atoms with Crippen molar-refractivity contribution in [2.24, 2.45) is 5.73 Å². The van der Waals surface area contributed by atoms with Gasteiger partial charge in [-0.1, -0.05) is 5.21 Å². The molecule has 0 radical (unpaired) electrons. The fourth-order valence-electron chi connectivity index (χ4n) is 1.28. The normalized spacial score (nSPS) is 13.1. The Morgan fingerprint density at radius 3 is 2.69 bits per heavy atom. The van der Waals surface area contributed by atoms with Gasteiger partial charge in [-0.3, -0.25) is 4.79 Å². The summed E-state index contributed by atoms with van der Waals surface area (Å²) in [5.41, 5.74) is 5.07. The maximum absolute atomic E-state index is 12.2. The summed E-state index contributed by atoms with van der Waals surface area (Å²) in [6.07, 6.45) is -3.18. The molecule has 0 bridgehead atoms. The molecule has 0 aliphatic heterocycles. The van der Waals surface area contributed by atoms with E-state index in [0.717, 1.165) is 4.68 Å². The van der Waals surface area contributed by atoms with Gasteiger partial charge in [0.25, 0.3) is 12.3 Å². The predicted molar refractivity (Wildman–Crippen MR) is 50.0 cm³/mol. The molecule has 90 valence electrons. The molecule has 0 fully saturated rings. The number of ether oxygens (including phenoxy) is 1. The highest BCUT2D eigenvalue weighted by atomic mass is 19.3. The first-order valence-corrected chi connectivity index (χ1v) is 4.51. The molecule has 1 aromatic rings. The van der Waals surface area contributed by atoms with Crippen LogP contribution in [0.3, 0.4) is 0 Å². The number of alkyl halides is 2. The Kier molecular flexibility index (Phi) is 3.88. The Morgan fingerprint density at radius 1 is 1.62 bits per heavy atom. The van der Waals surface area contributed by atoms with E-state index in [9.17, 15) is 13.6 Å². The van der Waals surface area contributed by atoms with Crippen molar-refractivity contribution < 1.29 is 18.3 Å². The summed E-state index contributed by atoms with van der Waals surface area (Å²) in [6, 6.07) is 0. The number of nitrogens with zero attached hydrogens (tertiary/aromatic N) is 3. The number of amides is 1. The SMILES string of the molecule is COC(C)c1c(C(N)=O)nnn1CC(F)F. The number of nitrogens with two attached hydrogens (primary N) is 1. The van der Waals surface area contributed by atoms with Crippen molar-refractivity contribution in [3.63, 3.8) is 0 Å². The third-order valence-electron chi connectivity index (χ3n) is 2.06. The van der Waals surface area contributed by atoms with Gasteiger partial charge in [-0.05, 0) is 6.92 Å². The van der Waals surface area contributed by atoms with Gasteiger partial charge in [-0.15, -0.1) is 5.10 Å². The Labute approximate surface area is 90.4 Å². The van der Waals surface area contributed by atoms with E-state index >= 15 is 0 Å². The van der Waals surface area contributed by atoms with Crippen molar-refractivity contribution in [3.05, 3.63) is 11.4 Å². The standard InChI is InChI=1S/C8H12F2N4O2/c1-4(16-2)7-6(8(11)15)12-13-14(7)3-5(9)10/h4-5H,3H2,1-2H3,(H2,11,15). The third-order valence-corrected chi connectivity index (χ3v) is 2.06. The molecule has 0 aliphatic rings. The zero-order valence-corrected chi connectivity index (χ0v) is 8.85. The maximum atomic E-state index is 12.2. The number of aromatic nitrogens is 3. The van der Waals surface area contributed by atoms with Gasteiger partial charge in [0, 0.05) is 7.11 Å². The molecule has 0 aliphatic carbocycles. The van der Waals surface area contributed by atoms with Crippen LogP contribution in [0.15, 0.2) is 0 Å². The lowest BCUT2D eigenvalue weighted by Crippen LogP contribution is -2.19. The first-order valence-electron chi connectivity index (χ1n) is 4.51. The number of rotatable bonds is 5. The van der Waals surface area contributed by atoms with Crippen LogP contribution < -0.4 is 5.73 Å². The zero-order chi connectivity index (χ0) is 12.3. The van der Waals surface area contributed by atoms with Gasteiger partial charge in [0.1, 0.15) is 12.2 Å². The second-order valence-electron chi connectivity index (χ2n) is 3.14. The fourth-order valence-corrected chi connectivity index (χ4v) is 1.28. The molecule has 16 heavy (non-hydrogen) atoms. The van der Waals surface area contributed by atoms with Gasteiger partial charge in [0.15, 0.2) is 5.69 Å². The molecule has 2 N–H and O–H groups in total. The van der Waals surface area contributed by atoms with Crippen LogP contribution in [0.2, 0.25) is 0 Å². The Bertz CT molecular complexity index is 380. The van der Waals surface area contributed by atoms with Crippen molar-refractivity contribution >= 4 is 5.91 Å². The van der Waals surface area contributed by atoms with E-state index in [1.165, 1.54) is 7.11 Å². The van der Waals surface area contributed by atoms with Crippen molar-refractivity contribution in [3.8, 4) is 0 Å². The van der Waals surface area contributed by atoms with E-state index in [-0.39, 0.29) is 11.4 Å². The molecule has 0 saturated carbocycles. The van der Waals surface area contributed by atoms with E-state index in [1.807, 2.05) is 0 Å². The summed E-state index contributed by atoms with van der Waals surface area (Å²) in [6.45, 7) is 0.941. The fraction of sp³-hybridized carbons (Fsp3) is 0.625. The van der Waals surface area contributed by atoms with Gasteiger partial charge in [-0.2, -0.15) is 0 Å². The highest BCUT2D eigenvalue weighted by Gasteiger charge is 2.23. The first kappa shape index (κ1) is 12.5. The predicted octanol–water partition coefficient (Wildman–Crippen LogP) is 0.349. The monoisotopic (exact) mass is 234 g/mol. The zero-order valence-electron chi connectivity index (χ0n) is 8.85. The lowest BCUT2D eigenvalue weighted by atomic mass is 10.2. The van der Waals surface area contributed by atoms with Crippen molar-refractivity contribution in [1.29, 1.82) is 0 Å². The number of hydrogen-bond acceptors (Lipinski definition) is 4. The molecule has 1 atom stereocenters. The quantitative estimate of drug-likeness (QED) is 0.796. The molecule has 1 aromatic heterocycles. The van der Waals surface area contributed by atoms with Crippen LogP contribution in [-0.2, 0) is 11.3 Å². The maximum Gasteiger partial charge on any atom is 0.271 e. The minimum atomic E-state index is -2.59. The summed E-state index contributed by atoms with van der Waals surface area (Å²) < 4.78 is 30.3. The van der Waals surface area contributed by atoms with Gasteiger partial charge in [0.2, 0.25) is 0 Å². The topological polar surface area (TPSA) is 83.0 Å². The van der Waals surface area contributed by atoms with E-state index < -0.39 is 25.0 Å². The smallest absolute Gasteiger partial charge is 0.271 e. The van der Waals surface area contributed by atoms with Crippen LogP contribution in [0.5, 0.6) is 0 Å². The van der Waals surface area contributed by atoms with Crippen molar-refractivity contribution in [1.82, 2.24) is 15.0 Å². The van der Waals surface area contributed by atoms with Crippen LogP contribution in [0.4, 0.5) is 8.78 Å². The van der Waals surface area contributed by atoms with Crippen LogP contribution >= 0.6 is 0 Å². The summed E-state index contributed by atoms with van der Waals surface area (Å²) in [5, 5.41) is 6.92. The molecule has 0 saturated heterocycles. The minimum absolute atomic E-state index is 0.144. The summed E-state index contributed by atoms with van der Waals surface area (Å²) >= 11 is 0. The number of carbonyl (C=O) groups excluding carboxylic acids is 1. The number of hydrogen-bond donors (Lipinski definition) is 1. The molecule has 0 spiro atoms. The third kappa shape index (κ3) is 2.51. The minimum Gasteiger partial charge on any atom is -0.375 e. The van der Waals surface area contributed by atoms with Crippen LogP contribution in [0, 0.1) is 0 Å². The van der Waals surface area contributed by atoms with Crippen molar-refractivity contribution in [2.45, 2.75) is 26.0 Å². The largest absolute Gasteiger partial charge is 0.375 e. The number of primary amides is 1. The van der Waals surface area contributed by atoms with Gasteiger partial charge < -0.3 is 10.5 Å². The molecular weight excluding hydrogens is 222 g/mol. The molecule has 1 rings (SSSR count). The number of halogens is 2. The average Bonchev–Trinajstić information content (AvgIpc) is 2.59. The molecular formula is C8H12F2N4O2. The molecule has 1 unspecified atom stereocenters. The Hall–Kier alpha value is -1.57. The highest BCUT2D eigenvalue weighted by Crippen LogP contribution is 2.19. The van der Waals surface area contributed by atoms with E-state index in [0.29, 0.717) is 0 Å².